The summed E-state index contributed by atoms with van der Waals surface area (Å²) in [6.45, 7) is -1.82. The fourth-order valence-electron chi connectivity index (χ4n) is 9.74. The number of carbonyl (C=O) groups is 3. The summed E-state index contributed by atoms with van der Waals surface area (Å²) >= 11 is 5.71. The average molecular weight is 1050 g/mol. The largest absolute Gasteiger partial charge is 0.508 e. The Morgan fingerprint density at radius 3 is 1.60 bits per heavy atom. The number of fused-ring (bicyclic) bond motifs is 6. The monoisotopic (exact) mass is 1050 g/mol. The van der Waals surface area contributed by atoms with Crippen molar-refractivity contribution in [1.29, 1.82) is 0 Å². The Kier molecular flexibility index (Phi) is 13.8. The number of ether oxygens (including phenoxy) is 3. The molecule has 4 aliphatic rings. The summed E-state index contributed by atoms with van der Waals surface area (Å²) in [5.41, 5.74) is 2.10. The first-order valence-corrected chi connectivity index (χ1v) is 23.6. The van der Waals surface area contributed by atoms with Gasteiger partial charge in [-0.15, -0.1) is 10.2 Å². The number of aliphatic hydroxyl groups is 8. The second-order valence-electron chi connectivity index (χ2n) is 18.3. The summed E-state index contributed by atoms with van der Waals surface area (Å²) in [4.78, 5) is 41.7. The van der Waals surface area contributed by atoms with Crippen molar-refractivity contribution in [1.82, 2.24) is 40.6 Å². The van der Waals surface area contributed by atoms with Gasteiger partial charge in [0, 0.05) is 57.7 Å². The maximum absolute atomic E-state index is 14.0. The third-order valence-electron chi connectivity index (χ3n) is 13.5. The highest BCUT2D eigenvalue weighted by molar-refractivity contribution is 7.80. The SMILES string of the molecule is O=C(NCc1cn([C@@H]2O[C@H](CO)[C@H](O)[C@H](O)[C@H]2O)nn1)c1cc(NC(=S)Nc2ccc3c(c2)C(=O)CC32c3ccc(O)cc3Oc3cc(O)ccc32)cc(C(=O)NCc2cn([C@@H]3O[C@H](CO)[C@H](O)[C@H](O)[C@H]3O)nn2)c1. The van der Waals surface area contributed by atoms with Gasteiger partial charge in [0.05, 0.1) is 44.1 Å². The number of nitrogens with one attached hydrogen (secondary N) is 4. The molecule has 2 amide bonds. The standard InChI is InChI=1S/C48H48N10O16S/c59-18-35-37(64)39(66)41(68)45(73-35)57-16-24(53-55-57)14-49-43(70)20-7-21(44(71)50-15-25-17-58(56-54-25)46-42(69)40(67)38(65)36(19-60)74-46)9-23(8-20)52-47(75)51-22-1-4-29-28(10-22)32(63)13-48(29)30-5-2-26(61)11-33(30)72-34-12-27(62)3-6-31(34)48/h1-12,16-17,35-42,45-46,59-62,64-69H,13-15,18-19H2,(H,49,70)(H,50,71)(H2,51,52,75)/t35-,36-,37+,38+,39+,40+,41-,42-,45-,46-/m1/s1. The molecule has 14 N–H and O–H groups in total. The first-order valence-electron chi connectivity index (χ1n) is 23.2. The normalized spacial score (nSPS) is 25.4. The number of hydrogen-bond acceptors (Lipinski definition) is 21. The first kappa shape index (κ1) is 51.0. The molecule has 75 heavy (non-hydrogen) atoms. The predicted molar refractivity (Wildman–Crippen MR) is 258 cm³/mol. The maximum Gasteiger partial charge on any atom is 0.251 e. The van der Waals surface area contributed by atoms with Gasteiger partial charge in [-0.25, -0.2) is 9.36 Å². The van der Waals surface area contributed by atoms with Gasteiger partial charge >= 0.3 is 0 Å². The molecular weight excluding hydrogens is 1000 g/mol. The van der Waals surface area contributed by atoms with Crippen molar-refractivity contribution in [3.63, 3.8) is 0 Å². The predicted octanol–water partition coefficient (Wildman–Crippen LogP) is -1.08. The Bertz CT molecular complexity index is 3050. The quantitative estimate of drug-likeness (QED) is 0.0648. The van der Waals surface area contributed by atoms with Crippen LogP contribution in [0.15, 0.2) is 85.2 Å². The van der Waals surface area contributed by atoms with Crippen LogP contribution in [0.4, 0.5) is 11.4 Å². The van der Waals surface area contributed by atoms with E-state index in [4.69, 9.17) is 26.4 Å². The van der Waals surface area contributed by atoms with Crippen LogP contribution < -0.4 is 26.0 Å². The van der Waals surface area contributed by atoms with Crippen LogP contribution in [0.25, 0.3) is 0 Å². The number of aromatic hydroxyl groups is 2. The van der Waals surface area contributed by atoms with Crippen molar-refractivity contribution in [2.75, 3.05) is 23.8 Å². The topological polar surface area (TPSA) is 391 Å². The van der Waals surface area contributed by atoms with Crippen LogP contribution in [0.1, 0.15) is 78.0 Å². The van der Waals surface area contributed by atoms with Crippen LogP contribution in [-0.2, 0) is 28.0 Å². The van der Waals surface area contributed by atoms with Crippen LogP contribution in [0, 0.1) is 0 Å². The summed E-state index contributed by atoms with van der Waals surface area (Å²) < 4.78 is 19.3. The number of benzene rings is 4. The Balaban J connectivity index is 0.880. The van der Waals surface area contributed by atoms with Crippen molar-refractivity contribution in [3.05, 3.63) is 130 Å². The molecular formula is C48H48N10O16S. The van der Waals surface area contributed by atoms with Gasteiger partial charge < -0.3 is 86.5 Å². The van der Waals surface area contributed by atoms with Gasteiger partial charge in [-0.2, -0.15) is 0 Å². The lowest BCUT2D eigenvalue weighted by atomic mass is 9.68. The second kappa shape index (κ2) is 20.3. The molecule has 0 saturated carbocycles. The Morgan fingerprint density at radius 1 is 0.627 bits per heavy atom. The highest BCUT2D eigenvalue weighted by Gasteiger charge is 2.52. The molecule has 10 atom stereocenters. The van der Waals surface area contributed by atoms with E-state index in [1.165, 1.54) is 54.9 Å². The first-order chi connectivity index (χ1) is 36.0. The Labute approximate surface area is 428 Å². The number of hydrogen-bond donors (Lipinski definition) is 14. The number of phenolic OH excluding ortho intramolecular Hbond substituents is 2. The fraction of sp³-hybridized carbons (Fsp3) is 0.333. The van der Waals surface area contributed by atoms with E-state index < -0.39 is 91.7 Å². The number of aliphatic hydroxyl groups excluding tert-OH is 8. The smallest absolute Gasteiger partial charge is 0.251 e. The zero-order chi connectivity index (χ0) is 53.0. The average Bonchev–Trinajstić information content (AvgIpc) is 4.17. The van der Waals surface area contributed by atoms with Gasteiger partial charge in [0.25, 0.3) is 11.8 Å². The summed E-state index contributed by atoms with van der Waals surface area (Å²) in [5.74, 6) is -1.06. The van der Waals surface area contributed by atoms with Crippen LogP contribution in [0.5, 0.6) is 23.0 Å². The number of ketones is 1. The number of rotatable bonds is 12. The van der Waals surface area contributed by atoms with Crippen LogP contribution in [0.2, 0.25) is 0 Å². The second-order valence-corrected chi connectivity index (χ2v) is 18.7. The lowest BCUT2D eigenvalue weighted by Crippen LogP contribution is -2.56. The molecule has 0 bridgehead atoms. The molecule has 5 heterocycles. The van der Waals surface area contributed by atoms with Gasteiger partial charge in [0.2, 0.25) is 0 Å². The number of Topliss-reactive ketones (excluding diaryl/α,β-unsaturated/α-hetero) is 1. The Morgan fingerprint density at radius 2 is 1.11 bits per heavy atom. The highest BCUT2D eigenvalue weighted by atomic mass is 32.1. The number of thiocarbonyl (C=S) groups is 1. The molecule has 1 aliphatic carbocycles. The number of anilines is 2. The molecule has 2 fully saturated rings. The van der Waals surface area contributed by atoms with Crippen molar-refractivity contribution >= 4 is 46.3 Å². The highest BCUT2D eigenvalue weighted by Crippen LogP contribution is 2.58. The van der Waals surface area contributed by atoms with Crippen molar-refractivity contribution in [3.8, 4) is 23.0 Å². The number of nitrogens with zero attached hydrogens (tertiary/aromatic N) is 6. The third-order valence-corrected chi connectivity index (χ3v) is 13.7. The number of carbonyl (C=O) groups excluding carboxylic acids is 3. The van der Waals surface area contributed by atoms with E-state index in [1.807, 2.05) is 0 Å². The molecule has 4 aromatic carbocycles. The van der Waals surface area contributed by atoms with Gasteiger partial charge in [0.1, 0.15) is 83.2 Å². The zero-order valence-corrected chi connectivity index (χ0v) is 39.7. The Hall–Kier alpha value is -7.54. The number of amides is 2. The van der Waals surface area contributed by atoms with E-state index in [2.05, 4.69) is 41.9 Å². The molecule has 0 unspecified atom stereocenters. The van der Waals surface area contributed by atoms with E-state index in [-0.39, 0.29) is 70.1 Å². The fourth-order valence-corrected chi connectivity index (χ4v) is 9.97. The summed E-state index contributed by atoms with van der Waals surface area (Å²) in [5, 5.41) is 129. The van der Waals surface area contributed by atoms with Gasteiger partial charge in [0.15, 0.2) is 23.4 Å². The summed E-state index contributed by atoms with van der Waals surface area (Å²) in [6, 6.07) is 18.6. The lowest BCUT2D eigenvalue weighted by molar-refractivity contribution is -0.254. The molecule has 2 saturated heterocycles. The molecule has 1 spiro atoms. The number of aromatic nitrogens is 6. The molecule has 10 rings (SSSR count). The minimum Gasteiger partial charge on any atom is -0.508 e. The number of phenols is 2. The summed E-state index contributed by atoms with van der Waals surface area (Å²) in [6.07, 6.45) is -12.3. The van der Waals surface area contributed by atoms with Gasteiger partial charge in [-0.1, -0.05) is 28.6 Å². The minimum absolute atomic E-state index is 0.0126. The third kappa shape index (κ3) is 9.50. The molecule has 392 valence electrons. The van der Waals surface area contributed by atoms with Crippen molar-refractivity contribution < 1.29 is 79.7 Å². The van der Waals surface area contributed by atoms with Crippen LogP contribution in [-0.4, -0.2) is 166 Å². The molecule has 26 nitrogen and oxygen atoms in total. The van der Waals surface area contributed by atoms with Crippen LogP contribution >= 0.6 is 12.2 Å². The van der Waals surface area contributed by atoms with Gasteiger partial charge in [-0.05, 0) is 60.2 Å². The molecule has 0 radical (unpaired) electrons. The van der Waals surface area contributed by atoms with Crippen molar-refractivity contribution in [2.45, 2.75) is 86.2 Å². The lowest BCUT2D eigenvalue weighted by Gasteiger charge is -2.39. The van der Waals surface area contributed by atoms with E-state index >= 15 is 0 Å². The molecule has 3 aliphatic heterocycles. The maximum atomic E-state index is 14.0. The van der Waals surface area contributed by atoms with Crippen LogP contribution in [0.3, 0.4) is 0 Å². The van der Waals surface area contributed by atoms with E-state index in [0.29, 0.717) is 39.4 Å². The summed E-state index contributed by atoms with van der Waals surface area (Å²) in [7, 11) is 0. The van der Waals surface area contributed by atoms with Crippen molar-refractivity contribution in [2.24, 2.45) is 0 Å². The molecule has 27 heteroatoms. The zero-order valence-electron chi connectivity index (χ0n) is 38.9. The van der Waals surface area contributed by atoms with Gasteiger partial charge in [-0.3, -0.25) is 14.4 Å². The van der Waals surface area contributed by atoms with E-state index in [1.54, 1.807) is 30.3 Å². The van der Waals surface area contributed by atoms with E-state index in [0.717, 1.165) is 9.36 Å². The minimum atomic E-state index is -1.68. The van der Waals surface area contributed by atoms with E-state index in [9.17, 15) is 65.4 Å². The molecule has 6 aromatic rings. The molecule has 2 aromatic heterocycles.